The summed E-state index contributed by atoms with van der Waals surface area (Å²) in [5, 5.41) is 4.40. The van der Waals surface area contributed by atoms with Crippen molar-refractivity contribution in [3.63, 3.8) is 0 Å². The van der Waals surface area contributed by atoms with E-state index in [2.05, 4.69) is 25.2 Å². The van der Waals surface area contributed by atoms with E-state index in [1.54, 1.807) is 18.9 Å². The van der Waals surface area contributed by atoms with E-state index in [0.717, 1.165) is 27.9 Å². The number of thioether (sulfide) groups is 1. The smallest absolute Gasteiger partial charge is 0.161 e. The summed E-state index contributed by atoms with van der Waals surface area (Å²) < 4.78 is 5.26. The molecule has 1 N–H and O–H groups in total. The molecule has 1 unspecified atom stereocenters. The van der Waals surface area contributed by atoms with E-state index in [1.165, 1.54) is 0 Å². The lowest BCUT2D eigenvalue weighted by atomic mass is 10.1. The molecule has 3 nitrogen and oxygen atoms in total. The topological polar surface area (TPSA) is 33.6 Å². The summed E-state index contributed by atoms with van der Waals surface area (Å²) in [7, 11) is 1.69. The van der Waals surface area contributed by atoms with Crippen LogP contribution in [0.4, 0.5) is 5.69 Å². The van der Waals surface area contributed by atoms with E-state index in [9.17, 15) is 0 Å². The maximum Gasteiger partial charge on any atom is 0.161 e. The molecule has 0 saturated heterocycles. The van der Waals surface area contributed by atoms with Gasteiger partial charge in [0.2, 0.25) is 0 Å². The number of amidine groups is 1. The molecule has 1 aromatic rings. The lowest BCUT2D eigenvalue weighted by Crippen LogP contribution is -2.12. The maximum atomic E-state index is 5.26. The molecule has 2 rings (SSSR count). The Labute approximate surface area is 113 Å². The van der Waals surface area contributed by atoms with Crippen molar-refractivity contribution in [2.24, 2.45) is 10.9 Å². The number of anilines is 1. The predicted molar refractivity (Wildman–Crippen MR) is 79.9 cm³/mol. The number of aliphatic imine (C=N–C) groups is 1. The fourth-order valence-corrected chi connectivity index (χ4v) is 3.07. The predicted octanol–water partition coefficient (Wildman–Crippen LogP) is 3.54. The zero-order valence-corrected chi connectivity index (χ0v) is 12.2. The Morgan fingerprint density at radius 1 is 1.44 bits per heavy atom. The molecule has 1 heterocycles. The monoisotopic (exact) mass is 264 g/mol. The summed E-state index contributed by atoms with van der Waals surface area (Å²) in [4.78, 5) is 4.69. The van der Waals surface area contributed by atoms with E-state index < -0.39 is 0 Å². The van der Waals surface area contributed by atoms with E-state index in [-0.39, 0.29) is 0 Å². The minimum atomic E-state index is 0.442. The number of methoxy groups -OCH3 is 1. The first-order valence-electron chi connectivity index (χ1n) is 6.22. The molecule has 1 aliphatic rings. The largest absolute Gasteiger partial charge is 0.496 e. The van der Waals surface area contributed by atoms with Gasteiger partial charge < -0.3 is 10.1 Å². The van der Waals surface area contributed by atoms with Gasteiger partial charge in [-0.05, 0) is 36.6 Å². The van der Waals surface area contributed by atoms with Gasteiger partial charge in [0.25, 0.3) is 0 Å². The fourth-order valence-electron chi connectivity index (χ4n) is 1.88. The molecule has 4 heteroatoms. The molecule has 98 valence electrons. The molecule has 1 aliphatic heterocycles. The van der Waals surface area contributed by atoms with Gasteiger partial charge in [-0.3, -0.25) is 4.99 Å². The highest BCUT2D eigenvalue weighted by Gasteiger charge is 2.21. The highest BCUT2D eigenvalue weighted by molar-refractivity contribution is 8.14. The van der Waals surface area contributed by atoms with Crippen molar-refractivity contribution < 1.29 is 4.74 Å². The van der Waals surface area contributed by atoms with Crippen LogP contribution in [0.1, 0.15) is 19.4 Å². The fraction of sp³-hybridized carbons (Fsp3) is 0.500. The van der Waals surface area contributed by atoms with Gasteiger partial charge >= 0.3 is 0 Å². The van der Waals surface area contributed by atoms with Gasteiger partial charge in [-0.25, -0.2) is 0 Å². The number of aryl methyl sites for hydroxylation is 1. The summed E-state index contributed by atoms with van der Waals surface area (Å²) in [5.74, 6) is 2.60. The summed E-state index contributed by atoms with van der Waals surface area (Å²) >= 11 is 1.80. The molecule has 0 spiro atoms. The number of rotatable bonds is 3. The van der Waals surface area contributed by atoms with Crippen molar-refractivity contribution in [3.05, 3.63) is 23.8 Å². The minimum absolute atomic E-state index is 0.442. The second-order valence-electron chi connectivity index (χ2n) is 4.87. The van der Waals surface area contributed by atoms with Crippen LogP contribution >= 0.6 is 11.8 Å². The van der Waals surface area contributed by atoms with Crippen LogP contribution in [0.3, 0.4) is 0 Å². The van der Waals surface area contributed by atoms with Crippen molar-refractivity contribution in [1.29, 1.82) is 0 Å². The second-order valence-corrected chi connectivity index (χ2v) is 5.87. The Morgan fingerprint density at radius 3 is 2.78 bits per heavy atom. The number of nitrogens with zero attached hydrogens (tertiary/aromatic N) is 1. The van der Waals surface area contributed by atoms with Gasteiger partial charge in [0.1, 0.15) is 5.75 Å². The van der Waals surface area contributed by atoms with Gasteiger partial charge in [-0.15, -0.1) is 0 Å². The molecule has 1 atom stereocenters. The number of hydrogen-bond donors (Lipinski definition) is 1. The van der Waals surface area contributed by atoms with Gasteiger partial charge in [0.05, 0.1) is 13.2 Å². The second kappa shape index (κ2) is 5.65. The quantitative estimate of drug-likeness (QED) is 0.906. The standard InChI is InChI=1S/C14H20N2OS/c1-9(2)12-8-18-14(16-12)15-11-5-6-13(17-4)10(3)7-11/h5-7,9,12H,8H2,1-4H3,(H,15,16). The van der Waals surface area contributed by atoms with Crippen LogP contribution < -0.4 is 10.1 Å². The highest BCUT2D eigenvalue weighted by atomic mass is 32.2. The Bertz CT molecular complexity index is 457. The van der Waals surface area contributed by atoms with Gasteiger partial charge in [0.15, 0.2) is 5.17 Å². The molecular formula is C14H20N2OS. The first-order valence-corrected chi connectivity index (χ1v) is 7.21. The number of benzene rings is 1. The van der Waals surface area contributed by atoms with Gasteiger partial charge in [0, 0.05) is 11.4 Å². The summed E-state index contributed by atoms with van der Waals surface area (Å²) in [6.07, 6.45) is 0. The van der Waals surface area contributed by atoms with Crippen LogP contribution in [-0.4, -0.2) is 24.1 Å². The van der Waals surface area contributed by atoms with Crippen LogP contribution in [0.25, 0.3) is 0 Å². The molecule has 0 radical (unpaired) electrons. The third-order valence-electron chi connectivity index (χ3n) is 3.09. The van der Waals surface area contributed by atoms with Crippen molar-refractivity contribution in [3.8, 4) is 5.75 Å². The van der Waals surface area contributed by atoms with Gasteiger partial charge in [-0.2, -0.15) is 0 Å². The maximum absolute atomic E-state index is 5.26. The third kappa shape index (κ3) is 2.99. The van der Waals surface area contributed by atoms with Crippen LogP contribution in [0.5, 0.6) is 5.75 Å². The molecule has 1 aromatic carbocycles. The SMILES string of the molecule is COc1ccc(NC2=NC(C(C)C)CS2)cc1C. The normalized spacial score (nSPS) is 18.9. The summed E-state index contributed by atoms with van der Waals surface area (Å²) in [6, 6.07) is 6.54. The molecule has 0 fully saturated rings. The zero-order chi connectivity index (χ0) is 13.1. The Balaban J connectivity index is 2.06. The van der Waals surface area contributed by atoms with E-state index in [0.29, 0.717) is 12.0 Å². The highest BCUT2D eigenvalue weighted by Crippen LogP contribution is 2.26. The van der Waals surface area contributed by atoms with Gasteiger partial charge in [-0.1, -0.05) is 25.6 Å². The van der Waals surface area contributed by atoms with Crippen molar-refractivity contribution in [1.82, 2.24) is 0 Å². The lowest BCUT2D eigenvalue weighted by Gasteiger charge is -2.09. The molecule has 0 saturated carbocycles. The van der Waals surface area contributed by atoms with Crippen molar-refractivity contribution in [2.45, 2.75) is 26.8 Å². The van der Waals surface area contributed by atoms with Crippen LogP contribution in [0.2, 0.25) is 0 Å². The number of ether oxygens (including phenoxy) is 1. The lowest BCUT2D eigenvalue weighted by molar-refractivity contribution is 0.412. The van der Waals surface area contributed by atoms with Crippen molar-refractivity contribution in [2.75, 3.05) is 18.2 Å². The first kappa shape index (κ1) is 13.3. The molecule has 18 heavy (non-hydrogen) atoms. The van der Waals surface area contributed by atoms with E-state index >= 15 is 0 Å². The Kier molecular flexibility index (Phi) is 4.17. The van der Waals surface area contributed by atoms with Crippen LogP contribution in [0.15, 0.2) is 23.2 Å². The molecule has 0 amide bonds. The summed E-state index contributed by atoms with van der Waals surface area (Å²) in [5.41, 5.74) is 2.20. The number of hydrogen-bond acceptors (Lipinski definition) is 4. The Morgan fingerprint density at radius 2 is 2.22 bits per heavy atom. The third-order valence-corrected chi connectivity index (χ3v) is 4.08. The Hall–Kier alpha value is -1.16. The minimum Gasteiger partial charge on any atom is -0.496 e. The first-order chi connectivity index (χ1) is 8.60. The molecular weight excluding hydrogens is 244 g/mol. The molecule has 0 bridgehead atoms. The number of nitrogens with one attached hydrogen (secondary N) is 1. The van der Waals surface area contributed by atoms with E-state index in [1.807, 2.05) is 19.1 Å². The zero-order valence-electron chi connectivity index (χ0n) is 11.4. The van der Waals surface area contributed by atoms with Crippen molar-refractivity contribution >= 4 is 22.6 Å². The molecule has 0 aliphatic carbocycles. The van der Waals surface area contributed by atoms with Crippen LogP contribution in [-0.2, 0) is 0 Å². The van der Waals surface area contributed by atoms with Crippen LogP contribution in [0, 0.1) is 12.8 Å². The van der Waals surface area contributed by atoms with E-state index in [4.69, 9.17) is 9.73 Å². The summed E-state index contributed by atoms with van der Waals surface area (Å²) in [6.45, 7) is 6.48. The average Bonchev–Trinajstić information content (AvgIpc) is 2.78. The molecule has 0 aromatic heterocycles. The average molecular weight is 264 g/mol.